The fourth-order valence-corrected chi connectivity index (χ4v) is 1.06. The number of aryl methyl sites for hydroxylation is 2. The van der Waals surface area contributed by atoms with Crippen molar-refractivity contribution in [3.63, 3.8) is 0 Å². The molecule has 7 nitrogen and oxygen atoms in total. The van der Waals surface area contributed by atoms with Crippen LogP contribution in [-0.4, -0.2) is 26.4 Å². The standard InChI is InChI=1S/C9H12N4O3/c1-4-7(5(2)11-10-4)12-13-8(6(3)14)9(15)16/h14H,1-3H3,(H,10,11)(H,15,16). The van der Waals surface area contributed by atoms with Crippen molar-refractivity contribution in [1.82, 2.24) is 10.2 Å². The number of aliphatic hydroxyl groups is 1. The molecule has 7 heteroatoms. The van der Waals surface area contributed by atoms with Gasteiger partial charge < -0.3 is 10.2 Å². The number of nitrogens with zero attached hydrogens (tertiary/aromatic N) is 3. The van der Waals surface area contributed by atoms with E-state index >= 15 is 0 Å². The fraction of sp³-hybridized carbons (Fsp3) is 0.333. The van der Waals surface area contributed by atoms with Crippen molar-refractivity contribution in [3.05, 3.63) is 22.8 Å². The molecule has 0 spiro atoms. The average Bonchev–Trinajstić information content (AvgIpc) is 2.47. The zero-order valence-electron chi connectivity index (χ0n) is 9.14. The molecule has 0 aromatic carbocycles. The summed E-state index contributed by atoms with van der Waals surface area (Å²) in [5.41, 5.74) is 1.28. The predicted octanol–water partition coefficient (Wildman–Crippen LogP) is 1.98. The molecule has 0 saturated carbocycles. The van der Waals surface area contributed by atoms with Crippen LogP contribution < -0.4 is 0 Å². The molecule has 1 aromatic rings. The van der Waals surface area contributed by atoms with Gasteiger partial charge in [0.25, 0.3) is 0 Å². The number of aromatic nitrogens is 2. The highest BCUT2D eigenvalue weighted by Crippen LogP contribution is 2.21. The van der Waals surface area contributed by atoms with Gasteiger partial charge in [-0.3, -0.25) is 5.10 Å². The van der Waals surface area contributed by atoms with Gasteiger partial charge in [-0.2, -0.15) is 5.10 Å². The summed E-state index contributed by atoms with van der Waals surface area (Å²) in [5, 5.41) is 31.6. The number of carboxylic acid groups (broad SMARTS) is 1. The second kappa shape index (κ2) is 4.56. The van der Waals surface area contributed by atoms with Crippen LogP contribution in [0.5, 0.6) is 0 Å². The largest absolute Gasteiger partial charge is 0.510 e. The number of nitrogens with one attached hydrogen (secondary N) is 1. The van der Waals surface area contributed by atoms with Crippen LogP contribution in [0.3, 0.4) is 0 Å². The van der Waals surface area contributed by atoms with Gasteiger partial charge >= 0.3 is 5.97 Å². The molecule has 0 amide bonds. The Morgan fingerprint density at radius 3 is 2.38 bits per heavy atom. The number of aliphatic carboxylic acids is 1. The highest BCUT2D eigenvalue weighted by atomic mass is 16.4. The topological polar surface area (TPSA) is 111 Å². The van der Waals surface area contributed by atoms with Gasteiger partial charge in [0, 0.05) is 0 Å². The summed E-state index contributed by atoms with van der Waals surface area (Å²) in [6.07, 6.45) is 0. The molecule has 86 valence electrons. The van der Waals surface area contributed by atoms with Gasteiger partial charge in [0.15, 0.2) is 0 Å². The van der Waals surface area contributed by atoms with Crippen LogP contribution in [0.25, 0.3) is 0 Å². The molecule has 0 unspecified atom stereocenters. The Hall–Kier alpha value is -2.18. The third-order valence-electron chi connectivity index (χ3n) is 1.88. The Morgan fingerprint density at radius 2 is 2.00 bits per heavy atom. The van der Waals surface area contributed by atoms with Crippen LogP contribution >= 0.6 is 0 Å². The molecule has 0 saturated heterocycles. The molecule has 0 atom stereocenters. The molecule has 0 radical (unpaired) electrons. The lowest BCUT2D eigenvalue weighted by Gasteiger charge is -1.95. The molecule has 0 aliphatic rings. The van der Waals surface area contributed by atoms with Crippen molar-refractivity contribution in [2.45, 2.75) is 20.8 Å². The van der Waals surface area contributed by atoms with Crippen LogP contribution in [0.1, 0.15) is 18.3 Å². The lowest BCUT2D eigenvalue weighted by atomic mass is 10.3. The van der Waals surface area contributed by atoms with Gasteiger partial charge in [0.05, 0.1) is 11.4 Å². The number of H-pyrrole nitrogens is 1. The molecule has 0 bridgehead atoms. The van der Waals surface area contributed by atoms with Crippen LogP contribution in [0.4, 0.5) is 5.69 Å². The van der Waals surface area contributed by atoms with Crippen molar-refractivity contribution < 1.29 is 15.0 Å². The fourth-order valence-electron chi connectivity index (χ4n) is 1.06. The smallest absolute Gasteiger partial charge is 0.359 e. The number of aromatic amines is 1. The number of hydrogen-bond acceptors (Lipinski definition) is 5. The van der Waals surface area contributed by atoms with E-state index in [-0.39, 0.29) is 0 Å². The number of hydrogen-bond donors (Lipinski definition) is 3. The average molecular weight is 224 g/mol. The van der Waals surface area contributed by atoms with Gasteiger partial charge in [-0.15, -0.1) is 10.2 Å². The Kier molecular flexibility index (Phi) is 3.39. The number of azo groups is 1. The summed E-state index contributed by atoms with van der Waals surface area (Å²) in [4.78, 5) is 10.7. The number of rotatable bonds is 3. The zero-order valence-corrected chi connectivity index (χ0v) is 9.14. The van der Waals surface area contributed by atoms with E-state index in [1.165, 1.54) is 6.92 Å². The normalized spacial score (nSPS) is 12.9. The SMILES string of the molecule is CC(O)=C(N=Nc1c(C)n[nH]c1C)C(=O)O. The molecule has 0 aliphatic carbocycles. The van der Waals surface area contributed by atoms with Crippen LogP contribution in [0.2, 0.25) is 0 Å². The highest BCUT2D eigenvalue weighted by Gasteiger charge is 2.11. The predicted molar refractivity (Wildman–Crippen MR) is 55.5 cm³/mol. The Bertz CT molecular complexity index is 450. The summed E-state index contributed by atoms with van der Waals surface area (Å²) < 4.78 is 0. The number of carbonyl (C=O) groups is 1. The van der Waals surface area contributed by atoms with E-state index in [4.69, 9.17) is 10.2 Å². The van der Waals surface area contributed by atoms with E-state index in [1.807, 2.05) is 0 Å². The van der Waals surface area contributed by atoms with Gasteiger partial charge in [-0.05, 0) is 20.8 Å². The quantitative estimate of drug-likeness (QED) is 0.414. The van der Waals surface area contributed by atoms with E-state index in [0.29, 0.717) is 17.1 Å². The molecule has 16 heavy (non-hydrogen) atoms. The Balaban J connectivity index is 3.06. The Morgan fingerprint density at radius 1 is 1.38 bits per heavy atom. The summed E-state index contributed by atoms with van der Waals surface area (Å²) in [5.74, 6) is -1.72. The number of aliphatic hydroxyl groups excluding tert-OH is 1. The van der Waals surface area contributed by atoms with Gasteiger partial charge in [-0.25, -0.2) is 4.79 Å². The lowest BCUT2D eigenvalue weighted by molar-refractivity contribution is -0.132. The van der Waals surface area contributed by atoms with Crippen LogP contribution in [0, 0.1) is 13.8 Å². The number of allylic oxidation sites excluding steroid dienone is 1. The molecular weight excluding hydrogens is 212 g/mol. The van der Waals surface area contributed by atoms with E-state index < -0.39 is 17.4 Å². The summed E-state index contributed by atoms with van der Waals surface area (Å²) in [6.45, 7) is 4.69. The summed E-state index contributed by atoms with van der Waals surface area (Å²) in [7, 11) is 0. The first-order valence-electron chi connectivity index (χ1n) is 4.50. The van der Waals surface area contributed by atoms with E-state index in [9.17, 15) is 4.79 Å². The van der Waals surface area contributed by atoms with Crippen molar-refractivity contribution >= 4 is 11.7 Å². The zero-order chi connectivity index (χ0) is 12.3. The maximum atomic E-state index is 10.7. The van der Waals surface area contributed by atoms with Crippen molar-refractivity contribution in [2.24, 2.45) is 10.2 Å². The van der Waals surface area contributed by atoms with E-state index in [1.54, 1.807) is 13.8 Å². The minimum absolute atomic E-state index is 0.393. The number of carboxylic acids is 1. The summed E-state index contributed by atoms with van der Waals surface area (Å²) in [6, 6.07) is 0. The second-order valence-corrected chi connectivity index (χ2v) is 3.22. The van der Waals surface area contributed by atoms with Crippen LogP contribution in [0.15, 0.2) is 21.7 Å². The van der Waals surface area contributed by atoms with Gasteiger partial charge in [0.2, 0.25) is 5.70 Å². The third kappa shape index (κ3) is 2.44. The molecule has 0 fully saturated rings. The van der Waals surface area contributed by atoms with Crippen molar-refractivity contribution in [1.29, 1.82) is 0 Å². The third-order valence-corrected chi connectivity index (χ3v) is 1.88. The minimum atomic E-state index is -1.33. The maximum Gasteiger partial charge on any atom is 0.359 e. The molecule has 1 aromatic heterocycles. The lowest BCUT2D eigenvalue weighted by Crippen LogP contribution is -2.00. The first-order chi connectivity index (χ1) is 7.43. The molecular formula is C9H12N4O3. The Labute approximate surface area is 91.5 Å². The molecule has 1 heterocycles. The van der Waals surface area contributed by atoms with E-state index in [2.05, 4.69) is 20.4 Å². The minimum Gasteiger partial charge on any atom is -0.510 e. The van der Waals surface area contributed by atoms with Crippen molar-refractivity contribution in [2.75, 3.05) is 0 Å². The first kappa shape index (κ1) is 11.9. The van der Waals surface area contributed by atoms with E-state index in [0.717, 1.165) is 0 Å². The summed E-state index contributed by atoms with van der Waals surface area (Å²) >= 11 is 0. The maximum absolute atomic E-state index is 10.7. The van der Waals surface area contributed by atoms with Crippen molar-refractivity contribution in [3.8, 4) is 0 Å². The molecule has 0 aliphatic heterocycles. The van der Waals surface area contributed by atoms with Gasteiger partial charge in [0.1, 0.15) is 11.4 Å². The highest BCUT2D eigenvalue weighted by molar-refractivity contribution is 5.86. The molecule has 3 N–H and O–H groups in total. The molecule has 1 rings (SSSR count). The second-order valence-electron chi connectivity index (χ2n) is 3.22. The van der Waals surface area contributed by atoms with Crippen LogP contribution in [-0.2, 0) is 4.79 Å². The van der Waals surface area contributed by atoms with Gasteiger partial charge in [-0.1, -0.05) is 0 Å². The monoisotopic (exact) mass is 224 g/mol. The first-order valence-corrected chi connectivity index (χ1v) is 4.50.